The number of nitrogens with zero attached hydrogens (tertiary/aromatic N) is 3. The van der Waals surface area contributed by atoms with E-state index in [1.807, 2.05) is 24.4 Å². The first-order chi connectivity index (χ1) is 11.7. The van der Waals surface area contributed by atoms with Crippen LogP contribution in [0.5, 0.6) is 0 Å². The maximum absolute atomic E-state index is 13.3. The smallest absolute Gasteiger partial charge is 0.226 e. The number of halogens is 2. The summed E-state index contributed by atoms with van der Waals surface area (Å²) in [5, 5.41) is 3.46. The summed E-state index contributed by atoms with van der Waals surface area (Å²) in [4.78, 5) is 22.2. The zero-order chi connectivity index (χ0) is 16.8. The van der Waals surface area contributed by atoms with Crippen molar-refractivity contribution in [1.29, 1.82) is 0 Å². The molecule has 3 heterocycles. The molecule has 3 rings (SSSR count). The molecule has 148 valence electrons. The van der Waals surface area contributed by atoms with Gasteiger partial charge in [0.15, 0.2) is 0 Å². The number of hydrogen-bond acceptors (Lipinski definition) is 4. The summed E-state index contributed by atoms with van der Waals surface area (Å²) in [5.41, 5.74) is 0.996. The second-order valence-electron chi connectivity index (χ2n) is 7.20. The van der Waals surface area contributed by atoms with Crippen LogP contribution in [0.2, 0.25) is 0 Å². The zero-order valence-corrected chi connectivity index (χ0v) is 17.2. The number of aromatic nitrogens is 1. The van der Waals surface area contributed by atoms with Gasteiger partial charge in [-0.3, -0.25) is 9.78 Å². The van der Waals surface area contributed by atoms with Gasteiger partial charge in [0.05, 0.1) is 12.2 Å². The number of piperidine rings is 1. The van der Waals surface area contributed by atoms with Crippen LogP contribution < -0.4 is 5.32 Å². The average molecular weight is 403 g/mol. The van der Waals surface area contributed by atoms with Crippen molar-refractivity contribution in [2.45, 2.75) is 44.7 Å². The number of hydrogen-bond donors (Lipinski definition) is 1. The zero-order valence-electron chi connectivity index (χ0n) is 15.6. The molecule has 0 spiro atoms. The van der Waals surface area contributed by atoms with Crippen LogP contribution in [-0.2, 0) is 11.3 Å². The highest BCUT2D eigenvalue weighted by Crippen LogP contribution is 2.24. The third-order valence-corrected chi connectivity index (χ3v) is 5.40. The van der Waals surface area contributed by atoms with Crippen molar-refractivity contribution < 1.29 is 4.79 Å². The summed E-state index contributed by atoms with van der Waals surface area (Å²) < 4.78 is 0. The van der Waals surface area contributed by atoms with Gasteiger partial charge in [0.1, 0.15) is 0 Å². The number of likely N-dealkylation sites (tertiary alicyclic amines) is 1. The van der Waals surface area contributed by atoms with Gasteiger partial charge in [0.25, 0.3) is 0 Å². The first kappa shape index (κ1) is 23.2. The molecule has 2 aliphatic rings. The Balaban J connectivity index is 0.00000169. The monoisotopic (exact) mass is 402 g/mol. The van der Waals surface area contributed by atoms with E-state index in [4.69, 9.17) is 0 Å². The molecule has 5 nitrogen and oxygen atoms in total. The summed E-state index contributed by atoms with van der Waals surface area (Å²) in [5.74, 6) is 0.529. The van der Waals surface area contributed by atoms with Gasteiger partial charge in [-0.1, -0.05) is 6.07 Å². The highest BCUT2D eigenvalue weighted by Gasteiger charge is 2.32. The predicted octanol–water partition coefficient (Wildman–Crippen LogP) is 2.74. The van der Waals surface area contributed by atoms with E-state index in [9.17, 15) is 4.79 Å². The van der Waals surface area contributed by atoms with Crippen molar-refractivity contribution >= 4 is 30.7 Å². The lowest BCUT2D eigenvalue weighted by Crippen LogP contribution is -2.46. The standard InChI is InChI=1S/C19H30N4O.2ClH/c1-22-13-8-16(9-14-22)19(24)23(15-17-5-2-3-11-21-17)18-6-4-10-20-12-7-18;;/h2-3,5,11,16,18,20H,4,6-10,12-15H2,1H3;2*1H. The molecule has 1 aromatic heterocycles. The first-order valence-corrected chi connectivity index (χ1v) is 9.33. The topological polar surface area (TPSA) is 48.5 Å². The maximum Gasteiger partial charge on any atom is 0.226 e. The number of carbonyl (C=O) groups excluding carboxylic acids is 1. The van der Waals surface area contributed by atoms with Crippen LogP contribution in [0, 0.1) is 5.92 Å². The summed E-state index contributed by atoms with van der Waals surface area (Å²) >= 11 is 0. The lowest BCUT2D eigenvalue weighted by Gasteiger charge is -2.36. The Kier molecular flexibility index (Phi) is 10.5. The van der Waals surface area contributed by atoms with E-state index in [2.05, 4.69) is 27.1 Å². The molecular weight excluding hydrogens is 371 g/mol. The Hall–Kier alpha value is -0.880. The highest BCUT2D eigenvalue weighted by atomic mass is 35.5. The van der Waals surface area contributed by atoms with Gasteiger partial charge in [-0.05, 0) is 77.5 Å². The Morgan fingerprint density at radius 1 is 1.19 bits per heavy atom. The Labute approximate surface area is 169 Å². The molecule has 1 aromatic rings. The molecule has 2 fully saturated rings. The van der Waals surface area contributed by atoms with E-state index < -0.39 is 0 Å². The summed E-state index contributed by atoms with van der Waals surface area (Å²) in [6, 6.07) is 6.32. The Morgan fingerprint density at radius 2 is 1.96 bits per heavy atom. The molecule has 1 unspecified atom stereocenters. The van der Waals surface area contributed by atoms with Crippen LogP contribution in [0.15, 0.2) is 24.4 Å². The second kappa shape index (κ2) is 11.8. The molecule has 0 bridgehead atoms. The van der Waals surface area contributed by atoms with Crippen LogP contribution in [0.3, 0.4) is 0 Å². The molecule has 0 aromatic carbocycles. The summed E-state index contributed by atoms with van der Waals surface area (Å²) in [7, 11) is 2.14. The van der Waals surface area contributed by atoms with E-state index in [0.29, 0.717) is 18.5 Å². The number of nitrogens with one attached hydrogen (secondary N) is 1. The minimum Gasteiger partial charge on any atom is -0.334 e. The van der Waals surface area contributed by atoms with Crippen molar-refractivity contribution in [1.82, 2.24) is 20.1 Å². The molecule has 2 saturated heterocycles. The van der Waals surface area contributed by atoms with Crippen LogP contribution in [0.25, 0.3) is 0 Å². The van der Waals surface area contributed by atoms with Gasteiger partial charge >= 0.3 is 0 Å². The number of pyridine rings is 1. The number of carbonyl (C=O) groups is 1. The van der Waals surface area contributed by atoms with Gasteiger partial charge in [-0.25, -0.2) is 0 Å². The fourth-order valence-electron chi connectivity index (χ4n) is 3.86. The molecule has 26 heavy (non-hydrogen) atoms. The molecule has 2 aliphatic heterocycles. The molecule has 1 amide bonds. The SMILES string of the molecule is CN1CCC(C(=O)N(Cc2ccccn2)C2CCCNCC2)CC1.Cl.Cl. The minimum atomic E-state index is 0. The van der Waals surface area contributed by atoms with E-state index >= 15 is 0 Å². The lowest BCUT2D eigenvalue weighted by molar-refractivity contribution is -0.140. The molecule has 7 heteroatoms. The molecule has 0 saturated carbocycles. The highest BCUT2D eigenvalue weighted by molar-refractivity contribution is 5.85. The first-order valence-electron chi connectivity index (χ1n) is 9.33. The van der Waals surface area contributed by atoms with Crippen LogP contribution in [0.4, 0.5) is 0 Å². The van der Waals surface area contributed by atoms with Crippen LogP contribution >= 0.6 is 24.8 Å². The van der Waals surface area contributed by atoms with Crippen molar-refractivity contribution in [2.75, 3.05) is 33.2 Å². The van der Waals surface area contributed by atoms with E-state index in [-0.39, 0.29) is 30.7 Å². The van der Waals surface area contributed by atoms with E-state index in [0.717, 1.165) is 64.0 Å². The molecule has 1 atom stereocenters. The quantitative estimate of drug-likeness (QED) is 0.840. The molecule has 1 N–H and O–H groups in total. The predicted molar refractivity (Wildman–Crippen MR) is 110 cm³/mol. The van der Waals surface area contributed by atoms with Gasteiger partial charge in [-0.15, -0.1) is 24.8 Å². The Bertz CT molecular complexity index is 516. The van der Waals surface area contributed by atoms with Crippen molar-refractivity contribution in [2.24, 2.45) is 5.92 Å². The Morgan fingerprint density at radius 3 is 2.65 bits per heavy atom. The maximum atomic E-state index is 13.3. The largest absolute Gasteiger partial charge is 0.334 e. The van der Waals surface area contributed by atoms with Gasteiger partial charge in [0, 0.05) is 18.2 Å². The summed E-state index contributed by atoms with van der Waals surface area (Å²) in [6.45, 7) is 4.78. The van der Waals surface area contributed by atoms with Crippen molar-refractivity contribution in [3.05, 3.63) is 30.1 Å². The van der Waals surface area contributed by atoms with E-state index in [1.54, 1.807) is 0 Å². The van der Waals surface area contributed by atoms with Crippen molar-refractivity contribution in [3.8, 4) is 0 Å². The van der Waals surface area contributed by atoms with Gasteiger partial charge < -0.3 is 15.1 Å². The molecule has 0 aliphatic carbocycles. The van der Waals surface area contributed by atoms with E-state index in [1.165, 1.54) is 0 Å². The lowest BCUT2D eigenvalue weighted by atomic mass is 9.94. The van der Waals surface area contributed by atoms with Crippen LogP contribution in [0.1, 0.15) is 37.8 Å². The van der Waals surface area contributed by atoms with Gasteiger partial charge in [0.2, 0.25) is 5.91 Å². The number of amides is 1. The fourth-order valence-corrected chi connectivity index (χ4v) is 3.86. The van der Waals surface area contributed by atoms with Crippen molar-refractivity contribution in [3.63, 3.8) is 0 Å². The fraction of sp³-hybridized carbons (Fsp3) is 0.684. The second-order valence-corrected chi connectivity index (χ2v) is 7.20. The number of rotatable bonds is 4. The molecule has 0 radical (unpaired) electrons. The minimum absolute atomic E-state index is 0. The summed E-state index contributed by atoms with van der Waals surface area (Å²) in [6.07, 6.45) is 7.08. The third kappa shape index (κ3) is 6.38. The van der Waals surface area contributed by atoms with Crippen LogP contribution in [-0.4, -0.2) is 60.0 Å². The normalized spacial score (nSPS) is 21.8. The van der Waals surface area contributed by atoms with Gasteiger partial charge in [-0.2, -0.15) is 0 Å². The average Bonchev–Trinajstić information content (AvgIpc) is 2.90. The third-order valence-electron chi connectivity index (χ3n) is 5.40. The molecular formula is C19H32Cl2N4O.